The summed E-state index contributed by atoms with van der Waals surface area (Å²) in [6.45, 7) is 6.23. The Kier molecular flexibility index (Phi) is 6.76. The van der Waals surface area contributed by atoms with Crippen molar-refractivity contribution in [3.05, 3.63) is 90.3 Å². The van der Waals surface area contributed by atoms with E-state index in [2.05, 4.69) is 81.5 Å². The maximum atomic E-state index is 5.95. The minimum Gasteiger partial charge on any atom is -0.494 e. The van der Waals surface area contributed by atoms with E-state index in [-0.39, 0.29) is 0 Å². The van der Waals surface area contributed by atoms with Crippen LogP contribution in [0.15, 0.2) is 79.1 Å². The van der Waals surface area contributed by atoms with Crippen molar-refractivity contribution in [2.45, 2.75) is 12.8 Å². The fourth-order valence-electron chi connectivity index (χ4n) is 3.80. The molecule has 2 heterocycles. The van der Waals surface area contributed by atoms with Crippen LogP contribution in [0.1, 0.15) is 17.5 Å². The van der Waals surface area contributed by atoms with E-state index < -0.39 is 0 Å². The maximum absolute atomic E-state index is 5.95. The zero-order valence-electron chi connectivity index (χ0n) is 16.9. The quantitative estimate of drug-likeness (QED) is 0.540. The van der Waals surface area contributed by atoms with Crippen molar-refractivity contribution in [1.82, 2.24) is 9.88 Å². The smallest absolute Gasteiger partial charge is 0.119 e. The molecule has 0 unspecified atom stereocenters. The summed E-state index contributed by atoms with van der Waals surface area (Å²) in [7, 11) is 0. The minimum absolute atomic E-state index is 0.766. The van der Waals surface area contributed by atoms with Gasteiger partial charge in [-0.3, -0.25) is 9.88 Å². The lowest BCUT2D eigenvalue weighted by atomic mass is 10.1. The third-order valence-corrected chi connectivity index (χ3v) is 5.46. The van der Waals surface area contributed by atoms with Crippen molar-refractivity contribution in [1.29, 1.82) is 0 Å². The van der Waals surface area contributed by atoms with E-state index in [0.717, 1.165) is 57.9 Å². The number of pyridine rings is 1. The van der Waals surface area contributed by atoms with Crippen molar-refractivity contribution in [3.8, 4) is 5.75 Å². The molecule has 0 radical (unpaired) electrons. The van der Waals surface area contributed by atoms with Crippen LogP contribution < -0.4 is 9.64 Å². The van der Waals surface area contributed by atoms with Gasteiger partial charge in [-0.1, -0.05) is 42.5 Å². The van der Waals surface area contributed by atoms with Crippen molar-refractivity contribution in [2.75, 3.05) is 44.2 Å². The molecule has 0 saturated carbocycles. The number of hydrogen-bond donors (Lipinski definition) is 0. The van der Waals surface area contributed by atoms with Crippen molar-refractivity contribution < 1.29 is 4.74 Å². The third-order valence-electron chi connectivity index (χ3n) is 5.46. The summed E-state index contributed by atoms with van der Waals surface area (Å²) in [4.78, 5) is 9.07. The van der Waals surface area contributed by atoms with Crippen molar-refractivity contribution >= 4 is 5.69 Å². The van der Waals surface area contributed by atoms with Gasteiger partial charge < -0.3 is 9.64 Å². The van der Waals surface area contributed by atoms with Crippen LogP contribution in [0.4, 0.5) is 5.69 Å². The van der Waals surface area contributed by atoms with Crippen LogP contribution in [0.2, 0.25) is 0 Å². The van der Waals surface area contributed by atoms with Gasteiger partial charge in [0, 0.05) is 50.8 Å². The van der Waals surface area contributed by atoms with E-state index in [4.69, 9.17) is 4.74 Å². The molecule has 0 N–H and O–H groups in total. The predicted octanol–water partition coefficient (Wildman–Crippen LogP) is 4.26. The fourth-order valence-corrected chi connectivity index (χ4v) is 3.80. The Morgan fingerprint density at radius 1 is 0.759 bits per heavy atom. The maximum Gasteiger partial charge on any atom is 0.119 e. The molecule has 0 bridgehead atoms. The van der Waals surface area contributed by atoms with E-state index in [1.807, 2.05) is 12.4 Å². The fraction of sp³-hybridized carbons (Fsp3) is 0.320. The topological polar surface area (TPSA) is 28.6 Å². The molecule has 0 aliphatic carbocycles. The van der Waals surface area contributed by atoms with Gasteiger partial charge in [0.25, 0.3) is 0 Å². The molecule has 0 spiro atoms. The van der Waals surface area contributed by atoms with Gasteiger partial charge in [-0.2, -0.15) is 0 Å². The molecule has 4 nitrogen and oxygen atoms in total. The van der Waals surface area contributed by atoms with E-state index >= 15 is 0 Å². The Hall–Kier alpha value is -2.85. The molecule has 4 rings (SSSR count). The molecule has 1 aromatic heterocycles. The second-order valence-electron chi connectivity index (χ2n) is 7.54. The van der Waals surface area contributed by atoms with E-state index in [1.54, 1.807) is 0 Å². The molecular formula is C25H29N3O. The van der Waals surface area contributed by atoms with E-state index in [9.17, 15) is 0 Å². The highest BCUT2D eigenvalue weighted by molar-refractivity contribution is 5.44. The highest BCUT2D eigenvalue weighted by Gasteiger charge is 2.16. The Bertz CT molecular complexity index is 844. The summed E-state index contributed by atoms with van der Waals surface area (Å²) in [6, 6.07) is 23.3. The number of nitrogens with zero attached hydrogens (tertiary/aromatic N) is 3. The summed E-state index contributed by atoms with van der Waals surface area (Å²) in [5.41, 5.74) is 3.93. The second-order valence-corrected chi connectivity index (χ2v) is 7.54. The van der Waals surface area contributed by atoms with Gasteiger partial charge in [0.15, 0.2) is 0 Å². The van der Waals surface area contributed by atoms with Crippen LogP contribution in [0.5, 0.6) is 5.75 Å². The largest absolute Gasteiger partial charge is 0.494 e. The number of benzene rings is 2. The average Bonchev–Trinajstić information content (AvgIpc) is 2.79. The average molecular weight is 388 g/mol. The van der Waals surface area contributed by atoms with Gasteiger partial charge in [-0.05, 0) is 48.2 Å². The molecule has 1 saturated heterocycles. The zero-order chi connectivity index (χ0) is 19.7. The van der Waals surface area contributed by atoms with Crippen LogP contribution in [0.25, 0.3) is 0 Å². The standard InChI is InChI=1S/C25H29N3O/c1-2-5-22(6-3-1)21-23-7-9-25(10-8-23)29-20-4-15-27-16-18-28(19-17-27)24-11-13-26-14-12-24/h1-3,5-14H,4,15-21H2. The predicted molar refractivity (Wildman–Crippen MR) is 119 cm³/mol. The summed E-state index contributed by atoms with van der Waals surface area (Å²) in [5, 5.41) is 0. The number of aromatic nitrogens is 1. The van der Waals surface area contributed by atoms with Crippen LogP contribution >= 0.6 is 0 Å². The number of rotatable bonds is 8. The first-order chi connectivity index (χ1) is 14.4. The normalized spacial score (nSPS) is 14.7. The highest BCUT2D eigenvalue weighted by Crippen LogP contribution is 2.17. The second kappa shape index (κ2) is 10.1. The van der Waals surface area contributed by atoms with Crippen LogP contribution in [0, 0.1) is 0 Å². The molecule has 4 heteroatoms. The molecule has 1 aliphatic rings. The van der Waals surface area contributed by atoms with Gasteiger partial charge in [-0.25, -0.2) is 0 Å². The minimum atomic E-state index is 0.766. The molecule has 150 valence electrons. The monoisotopic (exact) mass is 387 g/mol. The Morgan fingerprint density at radius 2 is 1.45 bits per heavy atom. The highest BCUT2D eigenvalue weighted by atomic mass is 16.5. The van der Waals surface area contributed by atoms with Crippen LogP contribution in [0.3, 0.4) is 0 Å². The number of ether oxygens (including phenoxy) is 1. The van der Waals surface area contributed by atoms with Gasteiger partial charge >= 0.3 is 0 Å². The summed E-state index contributed by atoms with van der Waals surface area (Å²) in [5.74, 6) is 0.962. The molecule has 29 heavy (non-hydrogen) atoms. The molecule has 2 aromatic carbocycles. The first-order valence-corrected chi connectivity index (χ1v) is 10.5. The van der Waals surface area contributed by atoms with Crippen LogP contribution in [-0.4, -0.2) is 49.2 Å². The summed E-state index contributed by atoms with van der Waals surface area (Å²) < 4.78 is 5.95. The van der Waals surface area contributed by atoms with Crippen molar-refractivity contribution in [3.63, 3.8) is 0 Å². The summed E-state index contributed by atoms with van der Waals surface area (Å²) >= 11 is 0. The lowest BCUT2D eigenvalue weighted by Crippen LogP contribution is -2.46. The number of piperazine rings is 1. The van der Waals surface area contributed by atoms with E-state index in [0.29, 0.717) is 0 Å². The zero-order valence-corrected chi connectivity index (χ0v) is 16.9. The Labute approximate surface area is 173 Å². The number of hydrogen-bond acceptors (Lipinski definition) is 4. The molecule has 1 aliphatic heterocycles. The SMILES string of the molecule is c1ccc(Cc2ccc(OCCCN3CCN(c4ccncc4)CC3)cc2)cc1. The lowest BCUT2D eigenvalue weighted by Gasteiger charge is -2.36. The lowest BCUT2D eigenvalue weighted by molar-refractivity contribution is 0.224. The molecular weight excluding hydrogens is 358 g/mol. The van der Waals surface area contributed by atoms with Gasteiger partial charge in [0.1, 0.15) is 5.75 Å². The Morgan fingerprint density at radius 3 is 2.17 bits per heavy atom. The number of anilines is 1. The van der Waals surface area contributed by atoms with E-state index in [1.165, 1.54) is 16.8 Å². The van der Waals surface area contributed by atoms with Gasteiger partial charge in [0.2, 0.25) is 0 Å². The van der Waals surface area contributed by atoms with Gasteiger partial charge in [-0.15, -0.1) is 0 Å². The molecule has 3 aromatic rings. The Balaban J connectivity index is 1.14. The van der Waals surface area contributed by atoms with Crippen molar-refractivity contribution in [2.24, 2.45) is 0 Å². The van der Waals surface area contributed by atoms with Gasteiger partial charge in [0.05, 0.1) is 6.61 Å². The summed E-state index contributed by atoms with van der Waals surface area (Å²) in [6.07, 6.45) is 5.76. The molecule has 0 atom stereocenters. The molecule has 0 amide bonds. The van der Waals surface area contributed by atoms with Crippen LogP contribution in [-0.2, 0) is 6.42 Å². The molecule has 1 fully saturated rings. The first kappa shape index (κ1) is 19.5. The third kappa shape index (κ3) is 5.81. The first-order valence-electron chi connectivity index (χ1n) is 10.5.